The molecule has 0 atom stereocenters. The number of anilines is 2. The van der Waals surface area contributed by atoms with Crippen LogP contribution in [0.5, 0.6) is 0 Å². The number of aliphatic imine (C=N–C) groups is 3. The number of rotatable bonds is 11. The van der Waals surface area contributed by atoms with Gasteiger partial charge < -0.3 is 21.5 Å². The van der Waals surface area contributed by atoms with E-state index >= 15 is 0 Å². The third-order valence-corrected chi connectivity index (χ3v) is 5.67. The summed E-state index contributed by atoms with van der Waals surface area (Å²) in [5, 5.41) is 15.5. The van der Waals surface area contributed by atoms with Gasteiger partial charge in [0, 0.05) is 22.5 Å². The number of nitrogens with zero attached hydrogens (tertiary/aromatic N) is 3. The zero-order valence-corrected chi connectivity index (χ0v) is 24.1. The van der Waals surface area contributed by atoms with E-state index in [0.29, 0.717) is 36.7 Å². The minimum atomic E-state index is -0.200. The van der Waals surface area contributed by atoms with Crippen molar-refractivity contribution in [2.75, 3.05) is 24.0 Å². The van der Waals surface area contributed by atoms with Gasteiger partial charge in [-0.1, -0.05) is 57.2 Å². The fourth-order valence-corrected chi connectivity index (χ4v) is 3.45. The number of nitrogens with two attached hydrogens (primary N) is 1. The summed E-state index contributed by atoms with van der Waals surface area (Å²) in [6.45, 7) is 17.4. The van der Waals surface area contributed by atoms with Crippen LogP contribution >= 0.6 is 0 Å². The van der Waals surface area contributed by atoms with E-state index in [1.807, 2.05) is 48.5 Å². The first-order valence-electron chi connectivity index (χ1n) is 12.8. The molecule has 10 heteroatoms. The Kier molecular flexibility index (Phi) is 16.1. The molecule has 0 saturated carbocycles. The molecule has 0 saturated heterocycles. The van der Waals surface area contributed by atoms with Crippen LogP contribution in [0.25, 0.3) is 0 Å². The molecule has 0 bridgehead atoms. The second kappa shape index (κ2) is 18.9. The number of nitrogens with one attached hydrogen (secondary N) is 2. The summed E-state index contributed by atoms with van der Waals surface area (Å²) in [4.78, 5) is 26.7. The van der Waals surface area contributed by atoms with Gasteiger partial charge in [0.1, 0.15) is 13.3 Å². The van der Waals surface area contributed by atoms with Crippen molar-refractivity contribution >= 4 is 37.4 Å². The molecule has 220 valence electrons. The van der Waals surface area contributed by atoms with E-state index in [9.17, 15) is 14.4 Å². The molecule has 1 amide bonds. The first-order chi connectivity index (χ1) is 19.6. The van der Waals surface area contributed by atoms with Crippen LogP contribution in [0.3, 0.4) is 0 Å². The molecule has 0 aliphatic rings. The lowest BCUT2D eigenvalue weighted by molar-refractivity contribution is -0.144. The zero-order chi connectivity index (χ0) is 30.7. The molecule has 0 aliphatic carbocycles. The fraction of sp³-hybridized carbons (Fsp3) is 0.290. The number of aliphatic hydroxyl groups excluding tert-OH is 1. The molecular formula is C31H41FN6O3. The number of aliphatic hydroxyl groups is 1. The normalized spacial score (nSPS) is 10.2. The van der Waals surface area contributed by atoms with Crippen molar-refractivity contribution in [2.24, 2.45) is 20.7 Å². The Morgan fingerprint density at radius 1 is 0.976 bits per heavy atom. The summed E-state index contributed by atoms with van der Waals surface area (Å²) in [7, 11) is 0. The van der Waals surface area contributed by atoms with E-state index in [4.69, 9.17) is 5.73 Å². The molecule has 9 nitrogen and oxygen atoms in total. The number of amides is 1. The van der Waals surface area contributed by atoms with Crippen molar-refractivity contribution in [1.82, 2.24) is 0 Å². The summed E-state index contributed by atoms with van der Waals surface area (Å²) in [5.41, 5.74) is 10.4. The minimum absolute atomic E-state index is 0.0139. The molecule has 3 aromatic rings. The molecule has 0 radical (unpaired) electrons. The van der Waals surface area contributed by atoms with E-state index in [-0.39, 0.29) is 24.5 Å². The van der Waals surface area contributed by atoms with Gasteiger partial charge in [0.05, 0.1) is 19.8 Å². The monoisotopic (exact) mass is 564 g/mol. The molecule has 0 aromatic heterocycles. The van der Waals surface area contributed by atoms with Crippen molar-refractivity contribution < 1.29 is 19.4 Å². The van der Waals surface area contributed by atoms with Crippen molar-refractivity contribution in [3.63, 3.8) is 0 Å². The summed E-state index contributed by atoms with van der Waals surface area (Å²) in [6, 6.07) is 20.3. The molecule has 3 aromatic carbocycles. The molecule has 5 N–H and O–H groups in total. The van der Waals surface area contributed by atoms with Gasteiger partial charge in [0.15, 0.2) is 0 Å². The van der Waals surface area contributed by atoms with Gasteiger partial charge in [-0.3, -0.25) is 19.8 Å². The molecule has 0 aliphatic heterocycles. The van der Waals surface area contributed by atoms with Crippen molar-refractivity contribution in [1.29, 1.82) is 0 Å². The minimum Gasteiger partial charge on any atom is -0.392 e. The lowest BCUT2D eigenvalue weighted by Crippen LogP contribution is -2.15. The number of benzene rings is 3. The van der Waals surface area contributed by atoms with Crippen LogP contribution in [-0.4, -0.2) is 44.5 Å². The Balaban J connectivity index is 0.000000413. The smallest absolute Gasteiger partial charge is 0.255 e. The average molecular weight is 565 g/mol. The van der Waals surface area contributed by atoms with E-state index in [2.05, 4.69) is 71.5 Å². The molecule has 0 heterocycles. The van der Waals surface area contributed by atoms with Crippen molar-refractivity contribution in [2.45, 2.75) is 45.9 Å². The van der Waals surface area contributed by atoms with E-state index in [1.54, 1.807) is 18.2 Å². The molecule has 0 fully saturated rings. The number of hydrogen-bond donors (Lipinski definition) is 4. The van der Waals surface area contributed by atoms with E-state index < -0.39 is 0 Å². The van der Waals surface area contributed by atoms with Gasteiger partial charge in [0.25, 0.3) is 5.91 Å². The van der Waals surface area contributed by atoms with Gasteiger partial charge in [0.2, 0.25) is 0 Å². The SMILES string of the molecule is C=NCN.C=NCNc1ccc(COF)cc1.C=NCc1cccc(NC(=O)c2ccc(C(C)(C)C)cc2)c1CO. The maximum absolute atomic E-state index is 12.5. The Labute approximate surface area is 242 Å². The number of hydrogen-bond acceptors (Lipinski definition) is 8. The Bertz CT molecular complexity index is 1230. The maximum atomic E-state index is 12.5. The quantitative estimate of drug-likeness (QED) is 0.222. The van der Waals surface area contributed by atoms with E-state index in [0.717, 1.165) is 16.8 Å². The van der Waals surface area contributed by atoms with Crippen LogP contribution in [-0.2, 0) is 30.1 Å². The summed E-state index contributed by atoms with van der Waals surface area (Å²) < 4.78 is 11.4. The van der Waals surface area contributed by atoms with Crippen molar-refractivity contribution in [3.05, 3.63) is 94.5 Å². The van der Waals surface area contributed by atoms with Crippen LogP contribution in [0.2, 0.25) is 0 Å². The molecule has 3 rings (SSSR count). The highest BCUT2D eigenvalue weighted by Gasteiger charge is 2.15. The Morgan fingerprint density at radius 3 is 2.10 bits per heavy atom. The summed E-state index contributed by atoms with van der Waals surface area (Å²) in [6.07, 6.45) is 0. The average Bonchev–Trinajstić information content (AvgIpc) is 2.97. The van der Waals surface area contributed by atoms with Crippen molar-refractivity contribution in [3.8, 4) is 0 Å². The number of carbonyl (C=O) groups excluding carboxylic acids is 1. The fourth-order valence-electron chi connectivity index (χ4n) is 3.45. The highest BCUT2D eigenvalue weighted by atomic mass is 19.3. The van der Waals surface area contributed by atoms with Crippen LogP contribution in [0.15, 0.2) is 81.7 Å². The first kappa shape index (κ1) is 34.8. The standard InChI is InChI=1S/C20H24N2O2.C9H11FN2O.C2H6N2/c1-20(2,3)16-10-8-14(9-11-16)19(24)22-18-7-5-6-15(12-21-4)17(18)13-23;1-11-7-12-9-4-2-8(3-5-9)6-13-10;1-4-2-3/h5-11,23H,4,12-13H2,1-3H3,(H,22,24);2-5,12H,1,6-7H2;1-3H2. The summed E-state index contributed by atoms with van der Waals surface area (Å²) in [5.74, 6) is -0.200. The molecule has 41 heavy (non-hydrogen) atoms. The highest BCUT2D eigenvalue weighted by molar-refractivity contribution is 6.04. The third kappa shape index (κ3) is 12.6. The number of halogens is 1. The lowest BCUT2D eigenvalue weighted by Gasteiger charge is -2.19. The van der Waals surface area contributed by atoms with E-state index in [1.165, 1.54) is 5.56 Å². The predicted molar refractivity (Wildman–Crippen MR) is 168 cm³/mol. The van der Waals surface area contributed by atoms with Crippen LogP contribution < -0.4 is 16.4 Å². The van der Waals surface area contributed by atoms with Crippen LogP contribution in [0.4, 0.5) is 15.9 Å². The largest absolute Gasteiger partial charge is 0.392 e. The summed E-state index contributed by atoms with van der Waals surface area (Å²) >= 11 is 0. The second-order valence-electron chi connectivity index (χ2n) is 9.68. The topological polar surface area (TPSA) is 134 Å². The van der Waals surface area contributed by atoms with Gasteiger partial charge in [-0.05, 0) is 77.1 Å². The Morgan fingerprint density at radius 2 is 1.61 bits per heavy atom. The number of carbonyl (C=O) groups is 1. The predicted octanol–water partition coefficient (Wildman–Crippen LogP) is 5.69. The lowest BCUT2D eigenvalue weighted by atomic mass is 9.86. The van der Waals surface area contributed by atoms with Gasteiger partial charge in [-0.15, -0.1) is 0 Å². The maximum Gasteiger partial charge on any atom is 0.255 e. The second-order valence-corrected chi connectivity index (χ2v) is 9.68. The zero-order valence-electron chi connectivity index (χ0n) is 24.1. The van der Waals surface area contributed by atoms with Gasteiger partial charge in [-0.2, -0.15) is 4.94 Å². The molecular weight excluding hydrogens is 523 g/mol. The van der Waals surface area contributed by atoms with Gasteiger partial charge >= 0.3 is 0 Å². The first-order valence-corrected chi connectivity index (χ1v) is 12.8. The Hall–Kier alpha value is -4.25. The molecule has 0 unspecified atom stereocenters. The van der Waals surface area contributed by atoms with Crippen LogP contribution in [0, 0.1) is 0 Å². The third-order valence-electron chi connectivity index (χ3n) is 5.67. The van der Waals surface area contributed by atoms with Gasteiger partial charge in [-0.25, -0.2) is 0 Å². The molecule has 0 spiro atoms. The van der Waals surface area contributed by atoms with Crippen LogP contribution in [0.1, 0.15) is 53.4 Å². The highest BCUT2D eigenvalue weighted by Crippen LogP contribution is 2.24.